The van der Waals surface area contributed by atoms with E-state index in [-0.39, 0.29) is 11.8 Å². The van der Waals surface area contributed by atoms with E-state index in [2.05, 4.69) is 27.3 Å². The van der Waals surface area contributed by atoms with Gasteiger partial charge in [0.2, 0.25) is 0 Å². The number of H-pyrrole nitrogens is 1. The predicted molar refractivity (Wildman–Crippen MR) is 165 cm³/mol. The molecule has 6 rings (SSSR count). The lowest BCUT2D eigenvalue weighted by molar-refractivity contribution is 0.0951. The van der Waals surface area contributed by atoms with Crippen molar-refractivity contribution < 1.29 is 9.90 Å². The molecule has 4 aromatic carbocycles. The number of benzene rings is 4. The first kappa shape index (κ1) is 26.5. The average Bonchev–Trinajstić information content (AvgIpc) is 3.35. The molecule has 0 unspecified atom stereocenters. The minimum atomic E-state index is -0.176. The molecule has 0 aliphatic carbocycles. The van der Waals surface area contributed by atoms with Gasteiger partial charge in [-0.25, -0.2) is 4.99 Å². The Labute approximate surface area is 240 Å². The van der Waals surface area contributed by atoms with Crippen LogP contribution >= 0.6 is 0 Å². The maximum Gasteiger partial charge on any atom is 0.251 e. The van der Waals surface area contributed by atoms with E-state index >= 15 is 0 Å². The minimum absolute atomic E-state index is 0.0196. The first-order valence-electron chi connectivity index (χ1n) is 14.3. The third-order valence-electron chi connectivity index (χ3n) is 7.65. The van der Waals surface area contributed by atoms with E-state index in [1.54, 1.807) is 6.07 Å². The maximum absolute atomic E-state index is 13.1. The Bertz CT molecular complexity index is 1650. The first-order chi connectivity index (χ1) is 20.1. The number of carbonyl (C=O) groups excluding carboxylic acids is 1. The van der Waals surface area contributed by atoms with Crippen molar-refractivity contribution in [1.29, 1.82) is 0 Å². The van der Waals surface area contributed by atoms with Gasteiger partial charge in [0, 0.05) is 35.1 Å². The van der Waals surface area contributed by atoms with Crippen molar-refractivity contribution in [3.05, 3.63) is 131 Å². The van der Waals surface area contributed by atoms with Crippen molar-refractivity contribution >= 4 is 28.2 Å². The molecule has 41 heavy (non-hydrogen) atoms. The molecule has 1 amide bonds. The molecule has 0 bridgehead atoms. The topological polar surface area (TPSA) is 80.7 Å². The Morgan fingerprint density at radius 2 is 1.51 bits per heavy atom. The number of hydrogen-bond donors (Lipinski definition) is 3. The van der Waals surface area contributed by atoms with Crippen LogP contribution in [-0.2, 0) is 13.1 Å². The molecule has 0 atom stereocenters. The third kappa shape index (κ3) is 6.23. The molecule has 6 heteroatoms. The monoisotopic (exact) mass is 542 g/mol. The van der Waals surface area contributed by atoms with Crippen molar-refractivity contribution in [3.63, 3.8) is 0 Å². The van der Waals surface area contributed by atoms with Crippen molar-refractivity contribution in [3.8, 4) is 5.88 Å². The Hall–Kier alpha value is -4.68. The van der Waals surface area contributed by atoms with Gasteiger partial charge in [-0.2, -0.15) is 0 Å². The van der Waals surface area contributed by atoms with Gasteiger partial charge >= 0.3 is 0 Å². The lowest BCUT2D eigenvalue weighted by Crippen LogP contribution is -2.28. The van der Waals surface area contributed by atoms with Gasteiger partial charge < -0.3 is 15.4 Å². The van der Waals surface area contributed by atoms with Crippen molar-refractivity contribution in [2.24, 2.45) is 4.99 Å². The number of amides is 1. The number of aromatic hydroxyl groups is 1. The molecule has 2 heterocycles. The van der Waals surface area contributed by atoms with E-state index in [4.69, 9.17) is 4.99 Å². The van der Waals surface area contributed by atoms with E-state index in [9.17, 15) is 9.90 Å². The highest BCUT2D eigenvalue weighted by atomic mass is 16.3. The van der Waals surface area contributed by atoms with Gasteiger partial charge in [-0.3, -0.25) is 9.69 Å². The summed E-state index contributed by atoms with van der Waals surface area (Å²) >= 11 is 0. The molecule has 1 aliphatic heterocycles. The second kappa shape index (κ2) is 12.2. The SMILES string of the molecule is O=C(NCc1ccccc1)c1ccc2[nH]c(O)c(C(=Nc3ccc(CN4CCCCC4)cc3)c3ccccc3)c2c1. The number of hydrogen-bond acceptors (Lipinski definition) is 4. The number of aromatic amines is 1. The lowest BCUT2D eigenvalue weighted by Gasteiger charge is -2.26. The number of nitrogens with one attached hydrogen (secondary N) is 2. The highest BCUT2D eigenvalue weighted by Crippen LogP contribution is 2.32. The van der Waals surface area contributed by atoms with E-state index < -0.39 is 0 Å². The largest absolute Gasteiger partial charge is 0.494 e. The number of nitrogens with zero attached hydrogens (tertiary/aromatic N) is 2. The predicted octanol–water partition coefficient (Wildman–Crippen LogP) is 6.96. The van der Waals surface area contributed by atoms with Gasteiger partial charge in [-0.05, 0) is 67.4 Å². The Morgan fingerprint density at radius 3 is 2.24 bits per heavy atom. The number of piperidine rings is 1. The van der Waals surface area contributed by atoms with Crippen LogP contribution in [0.2, 0.25) is 0 Å². The maximum atomic E-state index is 13.1. The van der Waals surface area contributed by atoms with Crippen LogP contribution in [0.15, 0.2) is 108 Å². The molecule has 3 N–H and O–H groups in total. The summed E-state index contributed by atoms with van der Waals surface area (Å²) in [6.07, 6.45) is 3.87. The van der Waals surface area contributed by atoms with E-state index in [0.717, 1.165) is 47.4 Å². The number of likely N-dealkylation sites (tertiary alicyclic amines) is 1. The molecule has 0 radical (unpaired) electrons. The molecule has 1 aliphatic rings. The molecular formula is C35H34N4O2. The smallest absolute Gasteiger partial charge is 0.251 e. The van der Waals surface area contributed by atoms with Crippen LogP contribution in [0.3, 0.4) is 0 Å². The zero-order chi connectivity index (χ0) is 28.0. The second-order valence-corrected chi connectivity index (χ2v) is 10.6. The molecular weight excluding hydrogens is 508 g/mol. The summed E-state index contributed by atoms with van der Waals surface area (Å²) in [6.45, 7) is 3.70. The second-order valence-electron chi connectivity index (χ2n) is 10.6. The van der Waals surface area contributed by atoms with Crippen LogP contribution in [-0.4, -0.2) is 39.7 Å². The number of rotatable bonds is 8. The van der Waals surface area contributed by atoms with Crippen LogP contribution in [0.1, 0.15) is 51.9 Å². The summed E-state index contributed by atoms with van der Waals surface area (Å²) in [5.41, 5.74) is 6.44. The normalized spacial score (nSPS) is 14.3. The average molecular weight is 543 g/mol. The molecule has 1 aromatic heterocycles. The Balaban J connectivity index is 1.33. The summed E-state index contributed by atoms with van der Waals surface area (Å²) in [5, 5.41) is 14.8. The fourth-order valence-corrected chi connectivity index (χ4v) is 5.48. The summed E-state index contributed by atoms with van der Waals surface area (Å²) in [4.78, 5) is 23.7. The van der Waals surface area contributed by atoms with Crippen LogP contribution in [0.4, 0.5) is 5.69 Å². The molecule has 1 saturated heterocycles. The third-order valence-corrected chi connectivity index (χ3v) is 7.65. The quantitative estimate of drug-likeness (QED) is 0.186. The highest BCUT2D eigenvalue weighted by Gasteiger charge is 2.20. The van der Waals surface area contributed by atoms with Crippen LogP contribution < -0.4 is 5.32 Å². The van der Waals surface area contributed by atoms with E-state index in [0.29, 0.717) is 23.4 Å². The zero-order valence-electron chi connectivity index (χ0n) is 23.0. The zero-order valence-corrected chi connectivity index (χ0v) is 23.0. The summed E-state index contributed by atoms with van der Waals surface area (Å²) in [5.74, 6) is -0.156. The van der Waals surface area contributed by atoms with Gasteiger partial charge in [-0.15, -0.1) is 0 Å². The molecule has 206 valence electrons. The van der Waals surface area contributed by atoms with Crippen LogP contribution in [0.5, 0.6) is 5.88 Å². The molecule has 1 fully saturated rings. The minimum Gasteiger partial charge on any atom is -0.494 e. The van der Waals surface area contributed by atoms with Gasteiger partial charge in [0.1, 0.15) is 0 Å². The molecule has 0 saturated carbocycles. The lowest BCUT2D eigenvalue weighted by atomic mass is 9.99. The standard InChI is InChI=1S/C35H34N4O2/c40-34(36-23-25-10-4-1-5-11-25)28-16-19-31-30(22-28)32(35(41)38-31)33(27-12-6-2-7-13-27)37-29-17-14-26(15-18-29)24-39-20-8-3-9-21-39/h1-2,4-7,10-19,22,38,41H,3,8-9,20-21,23-24H2,(H,36,40). The van der Waals surface area contributed by atoms with Crippen LogP contribution in [0.25, 0.3) is 10.9 Å². The number of fused-ring (bicyclic) bond motifs is 1. The number of aliphatic imine (C=N–C) groups is 1. The fraction of sp³-hybridized carbons (Fsp3) is 0.200. The first-order valence-corrected chi connectivity index (χ1v) is 14.3. The van der Waals surface area contributed by atoms with Crippen molar-refractivity contribution in [1.82, 2.24) is 15.2 Å². The van der Waals surface area contributed by atoms with Gasteiger partial charge in [0.05, 0.1) is 17.0 Å². The van der Waals surface area contributed by atoms with E-state index in [1.165, 1.54) is 24.8 Å². The summed E-state index contributed by atoms with van der Waals surface area (Å²) in [6, 6.07) is 33.4. The molecule has 5 aromatic rings. The number of aromatic nitrogens is 1. The van der Waals surface area contributed by atoms with Gasteiger partial charge in [0.25, 0.3) is 5.91 Å². The fourth-order valence-electron chi connectivity index (χ4n) is 5.48. The van der Waals surface area contributed by atoms with Crippen molar-refractivity contribution in [2.75, 3.05) is 13.1 Å². The Morgan fingerprint density at radius 1 is 0.805 bits per heavy atom. The highest BCUT2D eigenvalue weighted by molar-refractivity contribution is 6.22. The molecule has 6 nitrogen and oxygen atoms in total. The Kier molecular flexibility index (Phi) is 7.92. The summed E-state index contributed by atoms with van der Waals surface area (Å²) < 4.78 is 0. The van der Waals surface area contributed by atoms with E-state index in [1.807, 2.05) is 84.9 Å². The van der Waals surface area contributed by atoms with Gasteiger partial charge in [0.15, 0.2) is 5.88 Å². The molecule has 0 spiro atoms. The van der Waals surface area contributed by atoms with Crippen LogP contribution in [0, 0.1) is 0 Å². The number of carbonyl (C=O) groups is 1. The summed E-state index contributed by atoms with van der Waals surface area (Å²) in [7, 11) is 0. The van der Waals surface area contributed by atoms with Gasteiger partial charge in [-0.1, -0.05) is 79.2 Å². The van der Waals surface area contributed by atoms with Crippen molar-refractivity contribution in [2.45, 2.75) is 32.4 Å².